The first-order valence-corrected chi connectivity index (χ1v) is 16.4. The van der Waals surface area contributed by atoms with Crippen LogP contribution in [0.15, 0.2) is 35.2 Å². The topological polar surface area (TPSA) is 54.4 Å². The highest BCUT2D eigenvalue weighted by molar-refractivity contribution is 7.86. The van der Waals surface area contributed by atoms with Crippen LogP contribution in [0.3, 0.4) is 0 Å². The van der Waals surface area contributed by atoms with E-state index in [1.165, 1.54) is 121 Å². The van der Waals surface area contributed by atoms with Gasteiger partial charge in [0.15, 0.2) is 0 Å². The molecule has 0 atom stereocenters. The number of rotatable bonds is 21. The van der Waals surface area contributed by atoms with Gasteiger partial charge >= 0.3 is 0 Å². The maximum Gasteiger partial charge on any atom is 0.295 e. The van der Waals surface area contributed by atoms with E-state index in [1.807, 2.05) is 6.07 Å². The van der Waals surface area contributed by atoms with E-state index in [4.69, 9.17) is 0 Å². The zero-order chi connectivity index (χ0) is 26.1. The van der Waals surface area contributed by atoms with Gasteiger partial charge in [-0.1, -0.05) is 141 Å². The van der Waals surface area contributed by atoms with E-state index in [-0.39, 0.29) is 4.90 Å². The van der Waals surface area contributed by atoms with Crippen molar-refractivity contribution < 1.29 is 13.0 Å². The quantitative estimate of drug-likeness (QED) is 0.133. The lowest BCUT2D eigenvalue weighted by atomic mass is 9.94. The average molecular weight is 517 g/mol. The van der Waals surface area contributed by atoms with Crippen LogP contribution in [0.4, 0.5) is 0 Å². The molecule has 2 aromatic carbocycles. The number of aryl methyl sites for hydroxylation is 2. The minimum Gasteiger partial charge on any atom is -0.282 e. The number of unbranched alkanes of at least 4 members (excludes halogenated alkanes) is 16. The second kappa shape index (κ2) is 18.0. The maximum absolute atomic E-state index is 12.1. The number of benzene rings is 2. The van der Waals surface area contributed by atoms with Crippen molar-refractivity contribution in [3.63, 3.8) is 0 Å². The third-order valence-electron chi connectivity index (χ3n) is 7.48. The first-order valence-electron chi connectivity index (χ1n) is 15.0. The Labute approximate surface area is 222 Å². The van der Waals surface area contributed by atoms with Gasteiger partial charge in [0, 0.05) is 5.39 Å². The average Bonchev–Trinajstić information content (AvgIpc) is 2.85. The SMILES string of the molecule is CCCCCCCCCCCc1cc(CCCCCCCCCCC)c2c(S(=O)(=O)O)cccc2c1. The summed E-state index contributed by atoms with van der Waals surface area (Å²) in [7, 11) is -4.25. The van der Waals surface area contributed by atoms with Gasteiger partial charge in [-0.15, -0.1) is 0 Å². The third kappa shape index (κ3) is 11.8. The van der Waals surface area contributed by atoms with Crippen LogP contribution in [0.25, 0.3) is 10.8 Å². The molecule has 0 spiro atoms. The zero-order valence-electron chi connectivity index (χ0n) is 23.2. The first kappa shape index (κ1) is 30.8. The Bertz CT molecular complexity index is 965. The summed E-state index contributed by atoms with van der Waals surface area (Å²) in [6.45, 7) is 4.51. The molecular weight excluding hydrogens is 464 g/mol. The van der Waals surface area contributed by atoms with Crippen molar-refractivity contribution in [3.8, 4) is 0 Å². The molecule has 0 radical (unpaired) electrons. The van der Waals surface area contributed by atoms with Crippen LogP contribution in [0.2, 0.25) is 0 Å². The summed E-state index contributed by atoms with van der Waals surface area (Å²) >= 11 is 0. The Morgan fingerprint density at radius 2 is 1.08 bits per heavy atom. The summed E-state index contributed by atoms with van der Waals surface area (Å²) in [5.41, 5.74) is 2.37. The molecule has 36 heavy (non-hydrogen) atoms. The van der Waals surface area contributed by atoms with E-state index < -0.39 is 10.1 Å². The number of hydrogen-bond acceptors (Lipinski definition) is 2. The lowest BCUT2D eigenvalue weighted by molar-refractivity contribution is 0.484. The van der Waals surface area contributed by atoms with Gasteiger partial charge in [0.1, 0.15) is 4.90 Å². The van der Waals surface area contributed by atoms with Gasteiger partial charge in [0.25, 0.3) is 10.1 Å². The molecule has 0 fully saturated rings. The van der Waals surface area contributed by atoms with Gasteiger partial charge in [0.2, 0.25) is 0 Å². The Morgan fingerprint density at radius 3 is 1.58 bits per heavy atom. The van der Waals surface area contributed by atoms with E-state index in [0.29, 0.717) is 0 Å². The predicted octanol–water partition coefficient (Wildman–Crippen LogP) is 10.2. The van der Waals surface area contributed by atoms with Crippen molar-refractivity contribution in [2.24, 2.45) is 0 Å². The fourth-order valence-corrected chi connectivity index (χ4v) is 6.13. The number of fused-ring (bicyclic) bond motifs is 1. The smallest absolute Gasteiger partial charge is 0.282 e. The molecule has 0 aliphatic rings. The van der Waals surface area contributed by atoms with Crippen LogP contribution >= 0.6 is 0 Å². The van der Waals surface area contributed by atoms with E-state index >= 15 is 0 Å². The second-order valence-electron chi connectivity index (χ2n) is 10.7. The molecule has 0 heterocycles. The molecule has 0 aromatic heterocycles. The molecule has 0 bridgehead atoms. The van der Waals surface area contributed by atoms with Crippen LogP contribution in [0, 0.1) is 0 Å². The van der Waals surface area contributed by atoms with Gasteiger partial charge in [-0.3, -0.25) is 4.55 Å². The Morgan fingerprint density at radius 1 is 0.611 bits per heavy atom. The highest BCUT2D eigenvalue weighted by atomic mass is 32.2. The van der Waals surface area contributed by atoms with E-state index in [0.717, 1.165) is 35.6 Å². The van der Waals surface area contributed by atoms with E-state index in [9.17, 15) is 13.0 Å². The number of hydrogen-bond donors (Lipinski definition) is 1. The van der Waals surface area contributed by atoms with Crippen molar-refractivity contribution in [1.29, 1.82) is 0 Å². The van der Waals surface area contributed by atoms with Crippen molar-refractivity contribution >= 4 is 20.9 Å². The van der Waals surface area contributed by atoms with E-state index in [1.54, 1.807) is 6.07 Å². The fourth-order valence-electron chi connectivity index (χ4n) is 5.37. The molecule has 0 unspecified atom stereocenters. The van der Waals surface area contributed by atoms with Gasteiger partial charge in [-0.25, -0.2) is 0 Å². The van der Waals surface area contributed by atoms with Crippen LogP contribution in [0.5, 0.6) is 0 Å². The highest BCUT2D eigenvalue weighted by Gasteiger charge is 2.17. The normalized spacial score (nSPS) is 12.0. The molecule has 0 saturated heterocycles. The monoisotopic (exact) mass is 516 g/mol. The lowest BCUT2D eigenvalue weighted by Gasteiger charge is -2.13. The van der Waals surface area contributed by atoms with Gasteiger partial charge in [-0.2, -0.15) is 8.42 Å². The molecule has 1 N–H and O–H groups in total. The molecule has 0 saturated carbocycles. The van der Waals surface area contributed by atoms with Crippen molar-refractivity contribution in [2.45, 2.75) is 147 Å². The minimum atomic E-state index is -4.25. The minimum absolute atomic E-state index is 0.0561. The summed E-state index contributed by atoms with van der Waals surface area (Å²) in [5.74, 6) is 0. The molecule has 0 amide bonds. The standard InChI is InChI=1S/C32H52O3S/c1-3-5-7-9-11-13-15-17-19-22-28-26-29(23-20-18-16-14-12-10-8-6-4-2)32-30(27-28)24-21-25-31(32)36(33,34)35/h21,24-27H,3-20,22-23H2,1-2H3,(H,33,34,35). The molecule has 204 valence electrons. The largest absolute Gasteiger partial charge is 0.295 e. The van der Waals surface area contributed by atoms with Crippen molar-refractivity contribution in [2.75, 3.05) is 0 Å². The molecule has 4 heteroatoms. The summed E-state index contributed by atoms with van der Waals surface area (Å²) in [6, 6.07) is 9.62. The Balaban J connectivity index is 1.94. The zero-order valence-corrected chi connectivity index (χ0v) is 24.0. The Kier molecular flexibility index (Phi) is 15.4. The first-order chi connectivity index (χ1) is 17.5. The fraction of sp³-hybridized carbons (Fsp3) is 0.688. The summed E-state index contributed by atoms with van der Waals surface area (Å²) in [5, 5.41) is 1.65. The van der Waals surface area contributed by atoms with Crippen LogP contribution in [-0.2, 0) is 23.0 Å². The second-order valence-corrected chi connectivity index (χ2v) is 12.1. The summed E-state index contributed by atoms with van der Waals surface area (Å²) in [6.07, 6.45) is 25.2. The summed E-state index contributed by atoms with van der Waals surface area (Å²) < 4.78 is 34.1. The highest BCUT2D eigenvalue weighted by Crippen LogP contribution is 2.30. The summed E-state index contributed by atoms with van der Waals surface area (Å²) in [4.78, 5) is 0.0561. The molecule has 0 aliphatic heterocycles. The van der Waals surface area contributed by atoms with E-state index in [2.05, 4.69) is 26.0 Å². The predicted molar refractivity (Wildman–Crippen MR) is 156 cm³/mol. The van der Waals surface area contributed by atoms with Gasteiger partial charge in [-0.05, 0) is 48.3 Å². The molecule has 0 aliphatic carbocycles. The van der Waals surface area contributed by atoms with Crippen molar-refractivity contribution in [3.05, 3.63) is 41.5 Å². The maximum atomic E-state index is 12.1. The molecular formula is C32H52O3S. The van der Waals surface area contributed by atoms with Crippen LogP contribution in [-0.4, -0.2) is 13.0 Å². The molecule has 2 aromatic rings. The molecule has 3 nitrogen and oxygen atoms in total. The third-order valence-corrected chi connectivity index (χ3v) is 8.37. The molecule has 2 rings (SSSR count). The lowest BCUT2D eigenvalue weighted by Crippen LogP contribution is -2.02. The van der Waals surface area contributed by atoms with Gasteiger partial charge < -0.3 is 0 Å². The van der Waals surface area contributed by atoms with Crippen LogP contribution in [0.1, 0.15) is 141 Å². The van der Waals surface area contributed by atoms with Crippen molar-refractivity contribution in [1.82, 2.24) is 0 Å². The van der Waals surface area contributed by atoms with Crippen LogP contribution < -0.4 is 0 Å². The van der Waals surface area contributed by atoms with Gasteiger partial charge in [0.05, 0.1) is 0 Å². The Hall–Kier alpha value is -1.39.